The van der Waals surface area contributed by atoms with Crippen molar-refractivity contribution in [2.75, 3.05) is 63.6 Å². The van der Waals surface area contributed by atoms with Gasteiger partial charge in [0.25, 0.3) is 11.8 Å². The van der Waals surface area contributed by atoms with Crippen molar-refractivity contribution in [2.45, 2.75) is 31.3 Å². The number of nitrogens with two attached hydrogens (primary N) is 1. The van der Waals surface area contributed by atoms with E-state index in [2.05, 4.69) is 25.3 Å². The number of carbonyl (C=O) groups is 1. The van der Waals surface area contributed by atoms with Gasteiger partial charge in [-0.1, -0.05) is 6.07 Å². The van der Waals surface area contributed by atoms with Crippen molar-refractivity contribution < 1.29 is 23.0 Å². The standard InChI is InChI=1S/C28H34F2N6O3/c1-32-27(37)21-3-2-17(13-23(21)36-8-6-35(7-9-36)16-19-15-28(19,29)30)18-12-22-25(26(31)34-33-22)24(14-18)39-20-4-10-38-11-5-20/h2-3,12-14,19-20H,4-11,15-16H2,1H3,(H,32,37)(H3,31,33,34). The van der Waals surface area contributed by atoms with Crippen LogP contribution in [0, 0.1) is 5.92 Å². The minimum absolute atomic E-state index is 0.0113. The van der Waals surface area contributed by atoms with Gasteiger partial charge in [-0.25, -0.2) is 8.78 Å². The Morgan fingerprint density at radius 3 is 2.62 bits per heavy atom. The fourth-order valence-corrected chi connectivity index (χ4v) is 5.63. The quantitative estimate of drug-likeness (QED) is 0.421. The summed E-state index contributed by atoms with van der Waals surface area (Å²) in [5.41, 5.74) is 10.2. The van der Waals surface area contributed by atoms with Crippen molar-refractivity contribution in [3.8, 4) is 16.9 Å². The third-order valence-corrected chi connectivity index (χ3v) is 8.07. The Labute approximate surface area is 225 Å². The summed E-state index contributed by atoms with van der Waals surface area (Å²) >= 11 is 0. The van der Waals surface area contributed by atoms with Gasteiger partial charge in [0.1, 0.15) is 11.9 Å². The number of hydrogen-bond donors (Lipinski definition) is 3. The summed E-state index contributed by atoms with van der Waals surface area (Å²) in [6, 6.07) is 9.76. The molecule has 39 heavy (non-hydrogen) atoms. The minimum Gasteiger partial charge on any atom is -0.489 e. The molecule has 2 aromatic carbocycles. The van der Waals surface area contributed by atoms with Crippen LogP contribution in [0.4, 0.5) is 20.3 Å². The number of halogens is 2. The molecule has 3 aliphatic rings. The highest BCUT2D eigenvalue weighted by Crippen LogP contribution is 2.49. The number of benzene rings is 2. The van der Waals surface area contributed by atoms with Crippen LogP contribution >= 0.6 is 0 Å². The van der Waals surface area contributed by atoms with E-state index in [1.54, 1.807) is 7.05 Å². The first-order valence-corrected chi connectivity index (χ1v) is 13.6. The summed E-state index contributed by atoms with van der Waals surface area (Å²) in [6.45, 7) is 4.40. The maximum absolute atomic E-state index is 13.4. The van der Waals surface area contributed by atoms with Crippen molar-refractivity contribution in [1.82, 2.24) is 20.4 Å². The highest BCUT2D eigenvalue weighted by atomic mass is 19.3. The first-order chi connectivity index (χ1) is 18.8. The van der Waals surface area contributed by atoms with Gasteiger partial charge in [-0.15, -0.1) is 0 Å². The van der Waals surface area contributed by atoms with E-state index in [-0.39, 0.29) is 18.4 Å². The van der Waals surface area contributed by atoms with Crippen LogP contribution in [0.3, 0.4) is 0 Å². The lowest BCUT2D eigenvalue weighted by Crippen LogP contribution is -2.47. The van der Waals surface area contributed by atoms with E-state index in [9.17, 15) is 13.6 Å². The Morgan fingerprint density at radius 1 is 1.18 bits per heavy atom. The monoisotopic (exact) mass is 540 g/mol. The van der Waals surface area contributed by atoms with E-state index in [0.29, 0.717) is 63.1 Å². The predicted octanol–water partition coefficient (Wildman–Crippen LogP) is 3.51. The first-order valence-electron chi connectivity index (χ1n) is 13.6. The number of amides is 1. The van der Waals surface area contributed by atoms with Gasteiger partial charge < -0.3 is 25.4 Å². The van der Waals surface area contributed by atoms with Crippen LogP contribution in [0.5, 0.6) is 5.75 Å². The van der Waals surface area contributed by atoms with Crippen molar-refractivity contribution in [1.29, 1.82) is 0 Å². The number of hydrogen-bond acceptors (Lipinski definition) is 7. The molecule has 1 amide bonds. The molecule has 6 rings (SSSR count). The lowest BCUT2D eigenvalue weighted by atomic mass is 9.99. The lowest BCUT2D eigenvalue weighted by Gasteiger charge is -2.37. The van der Waals surface area contributed by atoms with E-state index < -0.39 is 11.8 Å². The number of anilines is 2. The highest BCUT2D eigenvalue weighted by molar-refractivity contribution is 6.01. The molecule has 9 nitrogen and oxygen atoms in total. The SMILES string of the molecule is CNC(=O)c1ccc(-c2cc(OC3CCOCC3)c3c(N)n[nH]c3c2)cc1N1CCN(CC2CC2(F)F)CC1. The zero-order valence-electron chi connectivity index (χ0n) is 22.0. The molecule has 2 aliphatic heterocycles. The van der Waals surface area contributed by atoms with Crippen LogP contribution in [0.2, 0.25) is 0 Å². The van der Waals surface area contributed by atoms with Crippen molar-refractivity contribution in [2.24, 2.45) is 5.92 Å². The number of aromatic nitrogens is 2. The van der Waals surface area contributed by atoms with Gasteiger partial charge in [-0.2, -0.15) is 5.10 Å². The van der Waals surface area contributed by atoms with Crippen molar-refractivity contribution in [3.05, 3.63) is 35.9 Å². The molecule has 4 N–H and O–H groups in total. The van der Waals surface area contributed by atoms with Crippen LogP contribution in [0.1, 0.15) is 29.6 Å². The molecule has 1 aromatic heterocycles. The van der Waals surface area contributed by atoms with Crippen molar-refractivity contribution >= 4 is 28.3 Å². The van der Waals surface area contributed by atoms with E-state index in [4.69, 9.17) is 15.2 Å². The van der Waals surface area contributed by atoms with Gasteiger partial charge in [-0.3, -0.25) is 14.8 Å². The van der Waals surface area contributed by atoms with Crippen LogP contribution in [0.25, 0.3) is 22.0 Å². The Hall–Kier alpha value is -3.44. The fraction of sp³-hybridized carbons (Fsp3) is 0.500. The molecular formula is C28H34F2N6O3. The molecule has 208 valence electrons. The van der Waals surface area contributed by atoms with E-state index in [1.165, 1.54) is 0 Å². The average molecular weight is 541 g/mol. The molecule has 0 bridgehead atoms. The average Bonchev–Trinajstić information content (AvgIpc) is 3.37. The first kappa shape index (κ1) is 25.8. The maximum Gasteiger partial charge on any atom is 0.253 e. The number of piperazine rings is 1. The number of alkyl halides is 2. The Morgan fingerprint density at radius 2 is 1.92 bits per heavy atom. The second-order valence-electron chi connectivity index (χ2n) is 10.7. The zero-order valence-corrected chi connectivity index (χ0v) is 22.0. The maximum atomic E-state index is 13.4. The van der Waals surface area contributed by atoms with Crippen LogP contribution < -0.4 is 20.7 Å². The summed E-state index contributed by atoms with van der Waals surface area (Å²) in [5.74, 6) is -2.15. The van der Waals surface area contributed by atoms with E-state index in [1.807, 2.05) is 30.3 Å². The molecule has 3 fully saturated rings. The third kappa shape index (κ3) is 5.25. The van der Waals surface area contributed by atoms with Crippen LogP contribution in [-0.2, 0) is 4.74 Å². The molecule has 2 saturated heterocycles. The van der Waals surface area contributed by atoms with E-state index >= 15 is 0 Å². The molecule has 0 radical (unpaired) electrons. The van der Waals surface area contributed by atoms with Gasteiger partial charge in [0.15, 0.2) is 5.82 Å². The molecule has 1 atom stereocenters. The second-order valence-corrected chi connectivity index (χ2v) is 10.7. The number of nitrogens with one attached hydrogen (secondary N) is 2. The number of fused-ring (bicyclic) bond motifs is 1. The Kier molecular flexibility index (Phi) is 6.80. The smallest absolute Gasteiger partial charge is 0.253 e. The predicted molar refractivity (Wildman–Crippen MR) is 146 cm³/mol. The summed E-state index contributed by atoms with van der Waals surface area (Å²) in [6.07, 6.45) is 1.63. The number of nitrogens with zero attached hydrogens (tertiary/aromatic N) is 3. The number of nitrogen functional groups attached to an aromatic ring is 1. The topological polar surface area (TPSA) is 109 Å². The summed E-state index contributed by atoms with van der Waals surface area (Å²) < 4.78 is 38.7. The fourth-order valence-electron chi connectivity index (χ4n) is 5.63. The largest absolute Gasteiger partial charge is 0.489 e. The third-order valence-electron chi connectivity index (χ3n) is 8.07. The van der Waals surface area contributed by atoms with Gasteiger partial charge in [-0.05, 0) is 35.4 Å². The van der Waals surface area contributed by atoms with Crippen molar-refractivity contribution in [3.63, 3.8) is 0 Å². The molecule has 3 aromatic rings. The summed E-state index contributed by atoms with van der Waals surface area (Å²) in [4.78, 5) is 17.0. The Bertz CT molecular complexity index is 1360. The summed E-state index contributed by atoms with van der Waals surface area (Å²) in [5, 5.41) is 10.7. The molecule has 11 heteroatoms. The van der Waals surface area contributed by atoms with Crippen LogP contribution in [-0.4, -0.2) is 86.0 Å². The Balaban J connectivity index is 1.30. The van der Waals surface area contributed by atoms with Gasteiger partial charge >= 0.3 is 0 Å². The van der Waals surface area contributed by atoms with Gasteiger partial charge in [0.2, 0.25) is 0 Å². The van der Waals surface area contributed by atoms with Crippen LogP contribution in [0.15, 0.2) is 30.3 Å². The number of carbonyl (C=O) groups excluding carboxylic acids is 1. The molecule has 1 aliphatic carbocycles. The minimum atomic E-state index is -2.51. The molecule has 1 saturated carbocycles. The molecular weight excluding hydrogens is 506 g/mol. The number of rotatable bonds is 7. The molecule has 3 heterocycles. The zero-order chi connectivity index (χ0) is 27.1. The molecule has 0 spiro atoms. The lowest BCUT2D eigenvalue weighted by molar-refractivity contribution is 0.0262. The number of H-pyrrole nitrogens is 1. The van der Waals surface area contributed by atoms with Gasteiger partial charge in [0.05, 0.1) is 35.4 Å². The molecule has 1 unspecified atom stereocenters. The van der Waals surface area contributed by atoms with E-state index in [0.717, 1.165) is 40.6 Å². The highest BCUT2D eigenvalue weighted by Gasteiger charge is 2.57. The van der Waals surface area contributed by atoms with Gasteiger partial charge in [0, 0.05) is 65.0 Å². The normalized spacial score (nSPS) is 21.7. The number of ether oxygens (including phenoxy) is 2. The summed E-state index contributed by atoms with van der Waals surface area (Å²) in [7, 11) is 1.62. The number of aromatic amines is 1. The second kappa shape index (κ2) is 10.3.